The number of hydrogen-bond acceptors (Lipinski definition) is 4. The minimum atomic E-state index is -0.303. The van der Waals surface area contributed by atoms with Gasteiger partial charge in [-0.15, -0.1) is 0 Å². The maximum absolute atomic E-state index is 12.2. The first-order chi connectivity index (χ1) is 13.2. The second kappa shape index (κ2) is 7.88. The molecule has 1 heterocycles. The van der Waals surface area contributed by atoms with Crippen molar-refractivity contribution in [3.8, 4) is 0 Å². The number of imidazole rings is 1. The van der Waals surface area contributed by atoms with Crippen molar-refractivity contribution < 1.29 is 4.79 Å². The van der Waals surface area contributed by atoms with Gasteiger partial charge in [0.25, 0.3) is 0 Å². The number of aromatic nitrogens is 2. The number of hydrogen-bond donors (Lipinski definition) is 4. The summed E-state index contributed by atoms with van der Waals surface area (Å²) < 4.78 is 1.85. The summed E-state index contributed by atoms with van der Waals surface area (Å²) >= 11 is 0. The number of nitrogens with two attached hydrogens (primary N) is 1. The molecule has 0 fully saturated rings. The average Bonchev–Trinajstić information content (AvgIpc) is 3.04. The van der Waals surface area contributed by atoms with Gasteiger partial charge in [-0.25, -0.2) is 9.78 Å². The van der Waals surface area contributed by atoms with Gasteiger partial charge in [-0.2, -0.15) is 0 Å². The van der Waals surface area contributed by atoms with Crippen LogP contribution in [0.2, 0.25) is 0 Å². The molecule has 0 spiro atoms. The van der Waals surface area contributed by atoms with E-state index in [1.165, 1.54) is 0 Å². The number of urea groups is 1. The van der Waals surface area contributed by atoms with Crippen molar-refractivity contribution in [2.24, 2.45) is 18.2 Å². The maximum atomic E-state index is 12.2. The molecule has 0 saturated carbocycles. The third-order valence-electron chi connectivity index (χ3n) is 5.17. The zero-order valence-corrected chi connectivity index (χ0v) is 16.7. The molecule has 7 heteroatoms. The maximum Gasteiger partial charge on any atom is 0.319 e. The summed E-state index contributed by atoms with van der Waals surface area (Å²) in [6.45, 7) is 4.79. The van der Waals surface area contributed by atoms with E-state index in [1.54, 1.807) is 12.5 Å². The third-order valence-corrected chi connectivity index (χ3v) is 5.17. The first kappa shape index (κ1) is 19.7. The molecule has 0 saturated heterocycles. The van der Waals surface area contributed by atoms with E-state index in [4.69, 9.17) is 11.1 Å². The molecule has 0 bridgehead atoms. The van der Waals surface area contributed by atoms with Crippen LogP contribution in [0.5, 0.6) is 0 Å². The monoisotopic (exact) mass is 380 g/mol. The molecule has 148 valence electrons. The molecule has 3 rings (SSSR count). The van der Waals surface area contributed by atoms with Crippen LogP contribution in [-0.2, 0) is 13.6 Å². The van der Waals surface area contributed by atoms with Gasteiger partial charge in [0.1, 0.15) is 0 Å². The second-order valence-electron chi connectivity index (χ2n) is 8.10. The largest absolute Gasteiger partial charge is 0.402 e. The van der Waals surface area contributed by atoms with Crippen LogP contribution in [0.3, 0.4) is 0 Å². The highest BCUT2D eigenvalue weighted by molar-refractivity contribution is 6.11. The van der Waals surface area contributed by atoms with Crippen LogP contribution >= 0.6 is 0 Å². The second-order valence-corrected chi connectivity index (χ2v) is 8.10. The lowest BCUT2D eigenvalue weighted by Gasteiger charge is -2.31. The van der Waals surface area contributed by atoms with E-state index in [2.05, 4.69) is 29.5 Å². The number of amides is 2. The van der Waals surface area contributed by atoms with Crippen molar-refractivity contribution in [1.29, 1.82) is 5.41 Å². The fourth-order valence-corrected chi connectivity index (χ4v) is 3.45. The van der Waals surface area contributed by atoms with Crippen molar-refractivity contribution in [2.75, 3.05) is 5.32 Å². The van der Waals surface area contributed by atoms with E-state index in [0.717, 1.165) is 41.8 Å². The van der Waals surface area contributed by atoms with Crippen molar-refractivity contribution in [2.45, 2.75) is 39.7 Å². The number of rotatable bonds is 5. The SMILES string of the molecule is Cn1cncc1CNC(=O)Nc1cccc(C(=N)C2=C(N)CC(C)(C)CC2)c1. The fraction of sp³-hybridized carbons (Fsp3) is 0.381. The van der Waals surface area contributed by atoms with Crippen LogP contribution in [0.25, 0.3) is 0 Å². The fourth-order valence-electron chi connectivity index (χ4n) is 3.45. The Morgan fingerprint density at radius 2 is 2.18 bits per heavy atom. The standard InChI is InChI=1S/C21H28N6O/c1-21(2)8-7-17(18(22)10-21)19(23)14-5-4-6-15(9-14)26-20(28)25-12-16-11-24-13-27(16)3/h4-6,9,11,13,23H,7-8,10,12,22H2,1-3H3,(H2,25,26,28). The first-order valence-corrected chi connectivity index (χ1v) is 9.42. The summed E-state index contributed by atoms with van der Waals surface area (Å²) in [6.07, 6.45) is 6.03. The highest BCUT2D eigenvalue weighted by Crippen LogP contribution is 2.37. The number of aryl methyl sites for hydroxylation is 1. The Balaban J connectivity index is 1.66. The number of nitrogens with one attached hydrogen (secondary N) is 3. The predicted octanol–water partition coefficient (Wildman–Crippen LogP) is 3.53. The summed E-state index contributed by atoms with van der Waals surface area (Å²) in [5.74, 6) is 0. The van der Waals surface area contributed by atoms with E-state index in [-0.39, 0.29) is 11.4 Å². The first-order valence-electron chi connectivity index (χ1n) is 9.42. The summed E-state index contributed by atoms with van der Waals surface area (Å²) in [4.78, 5) is 16.2. The highest BCUT2D eigenvalue weighted by Gasteiger charge is 2.27. The lowest BCUT2D eigenvalue weighted by molar-refractivity contribution is 0.251. The topological polar surface area (TPSA) is 109 Å². The molecule has 2 amide bonds. The van der Waals surface area contributed by atoms with Gasteiger partial charge in [0.15, 0.2) is 0 Å². The molecule has 0 radical (unpaired) electrons. The Morgan fingerprint density at radius 3 is 2.86 bits per heavy atom. The van der Waals surface area contributed by atoms with Crippen LogP contribution in [0.4, 0.5) is 10.5 Å². The highest BCUT2D eigenvalue weighted by atomic mass is 16.2. The van der Waals surface area contributed by atoms with E-state index >= 15 is 0 Å². The Bertz CT molecular complexity index is 924. The van der Waals surface area contributed by atoms with E-state index < -0.39 is 0 Å². The molecule has 1 aliphatic carbocycles. The Labute approximate surface area is 165 Å². The minimum Gasteiger partial charge on any atom is -0.402 e. The molecule has 5 N–H and O–H groups in total. The molecule has 0 aliphatic heterocycles. The average molecular weight is 380 g/mol. The Kier molecular flexibility index (Phi) is 5.53. The van der Waals surface area contributed by atoms with Gasteiger partial charge in [-0.05, 0) is 42.4 Å². The molecule has 1 aromatic carbocycles. The number of nitrogens with zero attached hydrogens (tertiary/aromatic N) is 2. The summed E-state index contributed by atoms with van der Waals surface area (Å²) in [6, 6.07) is 7.03. The van der Waals surface area contributed by atoms with Crippen molar-refractivity contribution in [1.82, 2.24) is 14.9 Å². The quantitative estimate of drug-likeness (QED) is 0.596. The Morgan fingerprint density at radius 1 is 1.39 bits per heavy atom. The van der Waals surface area contributed by atoms with Crippen molar-refractivity contribution in [3.63, 3.8) is 0 Å². The van der Waals surface area contributed by atoms with E-state index in [9.17, 15) is 4.79 Å². The molecule has 1 aliphatic rings. The summed E-state index contributed by atoms with van der Waals surface area (Å²) in [5, 5.41) is 14.2. The van der Waals surface area contributed by atoms with E-state index in [1.807, 2.05) is 35.9 Å². The minimum absolute atomic E-state index is 0.184. The number of carbonyl (C=O) groups is 1. The van der Waals surface area contributed by atoms with Crippen molar-refractivity contribution in [3.05, 3.63) is 59.3 Å². The zero-order valence-electron chi connectivity index (χ0n) is 16.7. The van der Waals surface area contributed by atoms with Gasteiger partial charge >= 0.3 is 6.03 Å². The van der Waals surface area contributed by atoms with Crippen LogP contribution in [-0.4, -0.2) is 21.3 Å². The van der Waals surface area contributed by atoms with Crippen LogP contribution in [0.1, 0.15) is 44.4 Å². The van der Waals surface area contributed by atoms with Gasteiger partial charge in [-0.1, -0.05) is 26.0 Å². The van der Waals surface area contributed by atoms with Gasteiger partial charge in [0.05, 0.1) is 24.3 Å². The van der Waals surface area contributed by atoms with E-state index in [0.29, 0.717) is 17.9 Å². The number of benzene rings is 1. The molecular weight excluding hydrogens is 352 g/mol. The van der Waals surface area contributed by atoms with Crippen LogP contribution in [0.15, 0.2) is 48.1 Å². The molecular formula is C21H28N6O. The van der Waals surface area contributed by atoms with Gasteiger partial charge in [-0.3, -0.25) is 5.41 Å². The molecule has 28 heavy (non-hydrogen) atoms. The van der Waals surface area contributed by atoms with Gasteiger partial charge in [0.2, 0.25) is 0 Å². The molecule has 1 aromatic heterocycles. The van der Waals surface area contributed by atoms with Gasteiger partial charge < -0.3 is 20.9 Å². The Hall–Kier alpha value is -3.09. The smallest absolute Gasteiger partial charge is 0.319 e. The van der Waals surface area contributed by atoms with Gasteiger partial charge in [0, 0.05) is 30.2 Å². The van der Waals surface area contributed by atoms with Crippen molar-refractivity contribution >= 4 is 17.4 Å². The normalized spacial score (nSPS) is 16.0. The summed E-state index contributed by atoms with van der Waals surface area (Å²) in [5.41, 5.74) is 10.9. The predicted molar refractivity (Wildman–Crippen MR) is 111 cm³/mol. The molecule has 2 aromatic rings. The number of allylic oxidation sites excluding steroid dienone is 2. The zero-order chi connectivity index (χ0) is 20.3. The molecule has 0 unspecified atom stereocenters. The third kappa shape index (κ3) is 4.60. The molecule has 0 atom stereocenters. The summed E-state index contributed by atoms with van der Waals surface area (Å²) in [7, 11) is 1.88. The number of carbonyl (C=O) groups excluding carboxylic acids is 1. The molecule has 7 nitrogen and oxygen atoms in total. The van der Waals surface area contributed by atoms with Crippen LogP contribution in [0, 0.1) is 10.8 Å². The lowest BCUT2D eigenvalue weighted by Crippen LogP contribution is -2.29. The lowest BCUT2D eigenvalue weighted by atomic mass is 9.75. The number of anilines is 1. The van der Waals surface area contributed by atoms with Crippen LogP contribution < -0.4 is 16.4 Å².